The van der Waals surface area contributed by atoms with E-state index in [4.69, 9.17) is 11.6 Å². The lowest BCUT2D eigenvalue weighted by molar-refractivity contribution is -0.114. The van der Waals surface area contributed by atoms with Crippen molar-refractivity contribution in [2.45, 2.75) is 84.0 Å². The molecule has 1 unspecified atom stereocenters. The summed E-state index contributed by atoms with van der Waals surface area (Å²) >= 11 is 5.63. The van der Waals surface area contributed by atoms with Gasteiger partial charge in [0.2, 0.25) is 5.24 Å². The van der Waals surface area contributed by atoms with Gasteiger partial charge >= 0.3 is 0 Å². The van der Waals surface area contributed by atoms with E-state index in [0.717, 1.165) is 19.3 Å². The Bertz CT molecular complexity index is 542. The lowest BCUT2D eigenvalue weighted by Gasteiger charge is -2.12. The molecule has 1 rings (SSSR count). The number of aromatic hydroxyl groups is 1. The zero-order valence-electron chi connectivity index (χ0n) is 16.0. The molecule has 0 heterocycles. The third kappa shape index (κ3) is 8.84. The van der Waals surface area contributed by atoms with E-state index < -0.39 is 11.2 Å². The summed E-state index contributed by atoms with van der Waals surface area (Å²) in [6.07, 6.45) is 13.8. The molecule has 0 saturated carbocycles. The Morgan fingerprint density at radius 2 is 1.38 bits per heavy atom. The van der Waals surface area contributed by atoms with Crippen molar-refractivity contribution in [2.24, 2.45) is 5.92 Å². The third-order valence-corrected chi connectivity index (χ3v) is 5.12. The van der Waals surface area contributed by atoms with Gasteiger partial charge in [0, 0.05) is 0 Å². The van der Waals surface area contributed by atoms with Gasteiger partial charge in [0.25, 0.3) is 0 Å². The van der Waals surface area contributed by atoms with Gasteiger partial charge in [0.15, 0.2) is 5.78 Å². The first kappa shape index (κ1) is 22.7. The van der Waals surface area contributed by atoms with Crippen molar-refractivity contribution in [3.05, 3.63) is 29.8 Å². The smallest absolute Gasteiger partial charge is 0.232 e. The predicted octanol–water partition coefficient (Wildman–Crippen LogP) is 6.66. The molecule has 0 fully saturated rings. The highest BCUT2D eigenvalue weighted by Gasteiger charge is 2.27. The molecular weight excluding hydrogens is 348 g/mol. The molecule has 0 saturated heterocycles. The van der Waals surface area contributed by atoms with Crippen LogP contribution in [0.5, 0.6) is 5.75 Å². The van der Waals surface area contributed by atoms with E-state index in [1.807, 2.05) is 0 Å². The number of carbonyl (C=O) groups is 2. The van der Waals surface area contributed by atoms with Gasteiger partial charge in [0.05, 0.1) is 11.5 Å². The number of para-hydroxylation sites is 1. The molecule has 0 aliphatic rings. The summed E-state index contributed by atoms with van der Waals surface area (Å²) in [5, 5.41) is 9.16. The first-order valence-electron chi connectivity index (χ1n) is 10.1. The first-order chi connectivity index (χ1) is 12.6. The Hall–Kier alpha value is -1.35. The van der Waals surface area contributed by atoms with Gasteiger partial charge < -0.3 is 5.11 Å². The minimum Gasteiger partial charge on any atom is -0.507 e. The van der Waals surface area contributed by atoms with Gasteiger partial charge in [-0.3, -0.25) is 9.59 Å². The summed E-state index contributed by atoms with van der Waals surface area (Å²) in [7, 11) is 0. The average molecular weight is 381 g/mol. The highest BCUT2D eigenvalue weighted by molar-refractivity contribution is 6.65. The van der Waals surface area contributed by atoms with Crippen LogP contribution in [0.3, 0.4) is 0 Å². The summed E-state index contributed by atoms with van der Waals surface area (Å²) in [6, 6.07) is 6.30. The number of benzene rings is 1. The van der Waals surface area contributed by atoms with Crippen molar-refractivity contribution >= 4 is 22.6 Å². The molecule has 146 valence electrons. The lowest BCUT2D eigenvalue weighted by Crippen LogP contribution is -2.21. The summed E-state index contributed by atoms with van der Waals surface area (Å²) in [5.41, 5.74) is 0.176. The standard InChI is InChI=1S/C22H33ClO3/c1-2-3-4-5-6-7-8-9-10-11-12-16-19(22(23)26)21(25)18-15-13-14-17-20(18)24/h13-15,17,19,24H,2-12,16H2,1H3. The Morgan fingerprint density at radius 1 is 0.885 bits per heavy atom. The van der Waals surface area contributed by atoms with Crippen molar-refractivity contribution < 1.29 is 14.7 Å². The van der Waals surface area contributed by atoms with Gasteiger partial charge in [0.1, 0.15) is 5.75 Å². The second-order valence-electron chi connectivity index (χ2n) is 7.06. The maximum atomic E-state index is 12.5. The average Bonchev–Trinajstić information content (AvgIpc) is 2.62. The van der Waals surface area contributed by atoms with Crippen LogP contribution in [0.4, 0.5) is 0 Å². The van der Waals surface area contributed by atoms with Crippen molar-refractivity contribution in [1.29, 1.82) is 0 Å². The predicted molar refractivity (Wildman–Crippen MR) is 108 cm³/mol. The fourth-order valence-corrected chi connectivity index (χ4v) is 3.44. The number of Topliss-reactive ketones (excluding diaryl/α,β-unsaturated/α-hetero) is 1. The largest absolute Gasteiger partial charge is 0.507 e. The van der Waals surface area contributed by atoms with E-state index in [-0.39, 0.29) is 17.1 Å². The van der Waals surface area contributed by atoms with E-state index in [9.17, 15) is 14.7 Å². The zero-order chi connectivity index (χ0) is 19.2. The molecule has 26 heavy (non-hydrogen) atoms. The number of hydrogen-bond acceptors (Lipinski definition) is 3. The summed E-state index contributed by atoms with van der Waals surface area (Å²) in [6.45, 7) is 2.23. The van der Waals surface area contributed by atoms with E-state index in [0.29, 0.717) is 6.42 Å². The Labute approximate surface area is 163 Å². The molecule has 1 aromatic carbocycles. The SMILES string of the molecule is CCCCCCCCCCCCCC(C(=O)Cl)C(=O)c1ccccc1O. The molecule has 0 aliphatic heterocycles. The monoisotopic (exact) mass is 380 g/mol. The zero-order valence-corrected chi connectivity index (χ0v) is 16.8. The van der Waals surface area contributed by atoms with Crippen LogP contribution in [0.1, 0.15) is 94.3 Å². The second kappa shape index (κ2) is 13.8. The Morgan fingerprint density at radius 3 is 1.88 bits per heavy atom. The molecular formula is C22H33ClO3. The van der Waals surface area contributed by atoms with Crippen molar-refractivity contribution in [3.8, 4) is 5.75 Å². The van der Waals surface area contributed by atoms with Crippen LogP contribution >= 0.6 is 11.6 Å². The number of rotatable bonds is 15. The van der Waals surface area contributed by atoms with Crippen LogP contribution in [0.15, 0.2) is 24.3 Å². The van der Waals surface area contributed by atoms with Crippen molar-refractivity contribution in [3.63, 3.8) is 0 Å². The maximum Gasteiger partial charge on any atom is 0.232 e. The molecule has 1 atom stereocenters. The maximum absolute atomic E-state index is 12.5. The number of hydrogen-bond donors (Lipinski definition) is 1. The van der Waals surface area contributed by atoms with Crippen LogP contribution in [-0.4, -0.2) is 16.1 Å². The van der Waals surface area contributed by atoms with E-state index >= 15 is 0 Å². The topological polar surface area (TPSA) is 54.4 Å². The minimum absolute atomic E-state index is 0.0978. The molecule has 0 amide bonds. The van der Waals surface area contributed by atoms with Crippen LogP contribution in [0.25, 0.3) is 0 Å². The molecule has 0 radical (unpaired) electrons. The molecule has 1 aromatic rings. The van der Waals surface area contributed by atoms with Gasteiger partial charge in [-0.15, -0.1) is 0 Å². The van der Waals surface area contributed by atoms with Crippen molar-refractivity contribution in [1.82, 2.24) is 0 Å². The van der Waals surface area contributed by atoms with E-state index in [2.05, 4.69) is 6.92 Å². The number of ketones is 1. The van der Waals surface area contributed by atoms with E-state index in [1.165, 1.54) is 63.5 Å². The Balaban J connectivity index is 2.22. The molecule has 0 bridgehead atoms. The highest BCUT2D eigenvalue weighted by Crippen LogP contribution is 2.24. The fourth-order valence-electron chi connectivity index (χ4n) is 3.23. The normalized spacial score (nSPS) is 12.1. The number of phenolic OH excluding ortho intramolecular Hbond substituents is 1. The summed E-state index contributed by atoms with van der Waals surface area (Å²) < 4.78 is 0. The summed E-state index contributed by atoms with van der Waals surface area (Å²) in [5.74, 6) is -1.34. The van der Waals surface area contributed by atoms with Gasteiger partial charge in [-0.05, 0) is 30.2 Å². The van der Waals surface area contributed by atoms with Gasteiger partial charge in [-0.25, -0.2) is 0 Å². The molecule has 0 aromatic heterocycles. The van der Waals surface area contributed by atoms with Crippen molar-refractivity contribution in [2.75, 3.05) is 0 Å². The molecule has 1 N–H and O–H groups in total. The van der Waals surface area contributed by atoms with Gasteiger partial charge in [-0.2, -0.15) is 0 Å². The first-order valence-corrected chi connectivity index (χ1v) is 10.5. The fraction of sp³-hybridized carbons (Fsp3) is 0.636. The molecule has 3 nitrogen and oxygen atoms in total. The second-order valence-corrected chi connectivity index (χ2v) is 7.43. The number of carbonyl (C=O) groups excluding carboxylic acids is 2. The lowest BCUT2D eigenvalue weighted by atomic mass is 9.92. The van der Waals surface area contributed by atoms with Crippen LogP contribution < -0.4 is 0 Å². The molecule has 0 spiro atoms. The minimum atomic E-state index is -0.858. The number of phenols is 1. The van der Waals surface area contributed by atoms with Crippen LogP contribution in [0.2, 0.25) is 0 Å². The Kier molecular flexibility index (Phi) is 12.0. The van der Waals surface area contributed by atoms with Crippen LogP contribution in [0, 0.1) is 5.92 Å². The van der Waals surface area contributed by atoms with E-state index in [1.54, 1.807) is 12.1 Å². The van der Waals surface area contributed by atoms with Gasteiger partial charge in [-0.1, -0.05) is 89.7 Å². The van der Waals surface area contributed by atoms with Crippen LogP contribution in [-0.2, 0) is 4.79 Å². The summed E-state index contributed by atoms with van der Waals surface area (Å²) in [4.78, 5) is 24.1. The highest BCUT2D eigenvalue weighted by atomic mass is 35.5. The number of halogens is 1. The molecule has 0 aliphatic carbocycles. The third-order valence-electron chi connectivity index (χ3n) is 4.86. The molecule has 4 heteroatoms. The quantitative estimate of drug-likeness (QED) is 0.160. The number of unbranched alkanes of at least 4 members (excludes halogenated alkanes) is 10.